The second kappa shape index (κ2) is 3.21. The average molecular weight is 155 g/mol. The van der Waals surface area contributed by atoms with Crippen molar-refractivity contribution in [3.63, 3.8) is 0 Å². The lowest BCUT2D eigenvalue weighted by Gasteiger charge is -1.95. The van der Waals surface area contributed by atoms with Crippen LogP contribution in [0.4, 0.5) is 0 Å². The summed E-state index contributed by atoms with van der Waals surface area (Å²) in [5.74, 6) is -0.901. The standard InChI is InChI=1S/C7H9NO3/c9-4-5-1-2-8-6(5)3-7(10)11/h1-2,8-9H,3-4H2,(H,10,11). The summed E-state index contributed by atoms with van der Waals surface area (Å²) in [6.45, 7) is -0.119. The van der Waals surface area contributed by atoms with Crippen LogP contribution in [0.1, 0.15) is 11.3 Å². The summed E-state index contributed by atoms with van der Waals surface area (Å²) in [5, 5.41) is 17.1. The van der Waals surface area contributed by atoms with Gasteiger partial charge in [-0.2, -0.15) is 0 Å². The molecule has 0 saturated heterocycles. The number of aromatic nitrogens is 1. The van der Waals surface area contributed by atoms with Gasteiger partial charge in [-0.25, -0.2) is 0 Å². The highest BCUT2D eigenvalue weighted by molar-refractivity contribution is 5.70. The van der Waals surface area contributed by atoms with E-state index in [-0.39, 0.29) is 13.0 Å². The molecule has 4 nitrogen and oxygen atoms in total. The number of aliphatic carboxylic acids is 1. The van der Waals surface area contributed by atoms with E-state index in [4.69, 9.17) is 10.2 Å². The minimum atomic E-state index is -0.901. The highest BCUT2D eigenvalue weighted by atomic mass is 16.4. The van der Waals surface area contributed by atoms with Crippen LogP contribution < -0.4 is 0 Å². The van der Waals surface area contributed by atoms with Crippen molar-refractivity contribution in [1.29, 1.82) is 0 Å². The molecule has 3 N–H and O–H groups in total. The molecule has 0 radical (unpaired) electrons. The van der Waals surface area contributed by atoms with Crippen LogP contribution in [-0.2, 0) is 17.8 Å². The van der Waals surface area contributed by atoms with Crippen molar-refractivity contribution in [3.8, 4) is 0 Å². The largest absolute Gasteiger partial charge is 0.481 e. The first-order chi connectivity index (χ1) is 5.24. The molecule has 1 heterocycles. The molecule has 60 valence electrons. The Hall–Kier alpha value is -1.29. The van der Waals surface area contributed by atoms with Crippen LogP contribution in [0.5, 0.6) is 0 Å². The molecule has 0 aromatic carbocycles. The highest BCUT2D eigenvalue weighted by Crippen LogP contribution is 2.06. The Morgan fingerprint density at radius 2 is 2.36 bits per heavy atom. The van der Waals surface area contributed by atoms with E-state index in [0.717, 1.165) is 0 Å². The maximum Gasteiger partial charge on any atom is 0.309 e. The monoisotopic (exact) mass is 155 g/mol. The number of carbonyl (C=O) groups is 1. The molecule has 0 saturated carbocycles. The molecule has 0 aliphatic heterocycles. The maximum absolute atomic E-state index is 10.2. The van der Waals surface area contributed by atoms with Crippen LogP contribution in [0.2, 0.25) is 0 Å². The predicted molar refractivity (Wildman–Crippen MR) is 38.1 cm³/mol. The average Bonchev–Trinajstić information content (AvgIpc) is 2.34. The molecule has 1 aromatic heterocycles. The normalized spacial score (nSPS) is 9.91. The molecule has 0 bridgehead atoms. The smallest absolute Gasteiger partial charge is 0.309 e. The predicted octanol–water partition coefficient (Wildman–Crippen LogP) is 0.134. The van der Waals surface area contributed by atoms with Gasteiger partial charge in [0.05, 0.1) is 13.0 Å². The van der Waals surface area contributed by atoms with Gasteiger partial charge in [0, 0.05) is 11.9 Å². The van der Waals surface area contributed by atoms with Crippen LogP contribution in [0.25, 0.3) is 0 Å². The first-order valence-corrected chi connectivity index (χ1v) is 3.22. The first-order valence-electron chi connectivity index (χ1n) is 3.22. The number of hydrogen-bond donors (Lipinski definition) is 3. The third kappa shape index (κ3) is 1.81. The summed E-state index contributed by atoms with van der Waals surface area (Å²) in [5.41, 5.74) is 1.22. The van der Waals surface area contributed by atoms with Gasteiger partial charge in [0.15, 0.2) is 0 Å². The van der Waals surface area contributed by atoms with Gasteiger partial charge in [0.2, 0.25) is 0 Å². The molecule has 0 fully saturated rings. The number of nitrogens with one attached hydrogen (secondary N) is 1. The van der Waals surface area contributed by atoms with Gasteiger partial charge in [-0.3, -0.25) is 4.79 Å². The fourth-order valence-corrected chi connectivity index (χ4v) is 0.900. The molecular formula is C7H9NO3. The van der Waals surface area contributed by atoms with E-state index < -0.39 is 5.97 Å². The molecule has 4 heteroatoms. The minimum absolute atomic E-state index is 0.0666. The van der Waals surface area contributed by atoms with Gasteiger partial charge >= 0.3 is 5.97 Å². The van der Waals surface area contributed by atoms with E-state index >= 15 is 0 Å². The summed E-state index contributed by atoms with van der Waals surface area (Å²) in [6.07, 6.45) is 1.55. The number of rotatable bonds is 3. The zero-order valence-corrected chi connectivity index (χ0v) is 5.87. The molecule has 1 aromatic rings. The lowest BCUT2D eigenvalue weighted by atomic mass is 10.2. The Labute approximate surface area is 63.5 Å². The molecule has 0 spiro atoms. The first kappa shape index (κ1) is 7.81. The Bertz CT molecular complexity index is 254. The van der Waals surface area contributed by atoms with Crippen molar-refractivity contribution in [1.82, 2.24) is 4.98 Å². The quantitative estimate of drug-likeness (QED) is 0.581. The molecular weight excluding hydrogens is 146 g/mol. The van der Waals surface area contributed by atoms with Crippen molar-refractivity contribution in [2.45, 2.75) is 13.0 Å². The maximum atomic E-state index is 10.2. The van der Waals surface area contributed by atoms with E-state index in [1.165, 1.54) is 0 Å². The fourth-order valence-electron chi connectivity index (χ4n) is 0.900. The van der Waals surface area contributed by atoms with Gasteiger partial charge in [0.25, 0.3) is 0 Å². The van der Waals surface area contributed by atoms with Gasteiger partial charge in [-0.05, 0) is 11.6 Å². The second-order valence-corrected chi connectivity index (χ2v) is 2.21. The van der Waals surface area contributed by atoms with Crippen LogP contribution in [0, 0.1) is 0 Å². The number of aliphatic hydroxyl groups is 1. The van der Waals surface area contributed by atoms with Crippen LogP contribution >= 0.6 is 0 Å². The second-order valence-electron chi connectivity index (χ2n) is 2.21. The Morgan fingerprint density at radius 3 is 2.91 bits per heavy atom. The number of hydrogen-bond acceptors (Lipinski definition) is 2. The van der Waals surface area contributed by atoms with E-state index in [2.05, 4.69) is 4.98 Å². The Balaban J connectivity index is 2.76. The van der Waals surface area contributed by atoms with Crippen LogP contribution in [-0.4, -0.2) is 21.2 Å². The molecule has 0 atom stereocenters. The third-order valence-electron chi connectivity index (χ3n) is 1.43. The summed E-state index contributed by atoms with van der Waals surface area (Å²) >= 11 is 0. The van der Waals surface area contributed by atoms with Gasteiger partial charge < -0.3 is 15.2 Å². The zero-order valence-electron chi connectivity index (χ0n) is 5.87. The van der Waals surface area contributed by atoms with E-state index in [1.54, 1.807) is 12.3 Å². The number of aliphatic hydroxyl groups excluding tert-OH is 1. The number of H-pyrrole nitrogens is 1. The molecule has 0 unspecified atom stereocenters. The lowest BCUT2D eigenvalue weighted by Crippen LogP contribution is -2.02. The Morgan fingerprint density at radius 1 is 1.64 bits per heavy atom. The number of aromatic amines is 1. The number of carboxylic acids is 1. The zero-order chi connectivity index (χ0) is 8.27. The summed E-state index contributed by atoms with van der Waals surface area (Å²) in [7, 11) is 0. The lowest BCUT2D eigenvalue weighted by molar-refractivity contribution is -0.136. The molecule has 0 aliphatic rings. The van der Waals surface area contributed by atoms with Gasteiger partial charge in [-0.1, -0.05) is 0 Å². The van der Waals surface area contributed by atoms with Crippen molar-refractivity contribution >= 4 is 5.97 Å². The molecule has 1 rings (SSSR count). The summed E-state index contributed by atoms with van der Waals surface area (Å²) in [6, 6.07) is 1.66. The highest BCUT2D eigenvalue weighted by Gasteiger charge is 2.05. The molecule has 11 heavy (non-hydrogen) atoms. The van der Waals surface area contributed by atoms with Gasteiger partial charge in [-0.15, -0.1) is 0 Å². The van der Waals surface area contributed by atoms with Crippen molar-refractivity contribution in [2.24, 2.45) is 0 Å². The van der Waals surface area contributed by atoms with E-state index in [0.29, 0.717) is 11.3 Å². The van der Waals surface area contributed by atoms with Crippen molar-refractivity contribution < 1.29 is 15.0 Å². The summed E-state index contributed by atoms with van der Waals surface area (Å²) in [4.78, 5) is 13.0. The number of carboxylic acid groups (broad SMARTS) is 1. The Kier molecular flexibility index (Phi) is 2.28. The SMILES string of the molecule is O=C(O)Cc1[nH]ccc1CO. The third-order valence-corrected chi connectivity index (χ3v) is 1.43. The topological polar surface area (TPSA) is 73.3 Å². The van der Waals surface area contributed by atoms with E-state index in [9.17, 15) is 4.79 Å². The molecule has 0 amide bonds. The fraction of sp³-hybridized carbons (Fsp3) is 0.286. The molecule has 0 aliphatic carbocycles. The van der Waals surface area contributed by atoms with E-state index in [1.807, 2.05) is 0 Å². The van der Waals surface area contributed by atoms with Crippen LogP contribution in [0.15, 0.2) is 12.3 Å². The van der Waals surface area contributed by atoms with Crippen LogP contribution in [0.3, 0.4) is 0 Å². The van der Waals surface area contributed by atoms with Crippen molar-refractivity contribution in [3.05, 3.63) is 23.5 Å². The summed E-state index contributed by atoms with van der Waals surface area (Å²) < 4.78 is 0. The van der Waals surface area contributed by atoms with Gasteiger partial charge in [0.1, 0.15) is 0 Å². The minimum Gasteiger partial charge on any atom is -0.481 e. The van der Waals surface area contributed by atoms with Crippen molar-refractivity contribution in [2.75, 3.05) is 0 Å².